The third-order valence-electron chi connectivity index (χ3n) is 1.16. The highest BCUT2D eigenvalue weighted by atomic mass is 16.4. The molecule has 0 amide bonds. The van der Waals surface area contributed by atoms with Gasteiger partial charge in [0, 0.05) is 11.8 Å². The molecule has 14 heavy (non-hydrogen) atoms. The highest BCUT2D eigenvalue weighted by Gasteiger charge is 1.83. The molecular weight excluding hydrogens is 182 g/mol. The summed E-state index contributed by atoms with van der Waals surface area (Å²) in [6.07, 6.45) is 0. The van der Waals surface area contributed by atoms with Crippen molar-refractivity contribution >= 4 is 5.97 Å². The quantitative estimate of drug-likeness (QED) is 0.444. The molecule has 1 N–H and O–H groups in total. The summed E-state index contributed by atoms with van der Waals surface area (Å²) in [7, 11) is 0. The summed E-state index contributed by atoms with van der Waals surface area (Å²) in [5.74, 6) is -0.833. The summed E-state index contributed by atoms with van der Waals surface area (Å²) in [4.78, 5) is 11.7. The lowest BCUT2D eigenvalue weighted by Gasteiger charge is -1.90. The fourth-order valence-corrected chi connectivity index (χ4v) is 0.697. The van der Waals surface area contributed by atoms with E-state index in [9.17, 15) is 0 Å². The van der Waals surface area contributed by atoms with Crippen LogP contribution in [0.5, 0.6) is 0 Å². The van der Waals surface area contributed by atoms with Gasteiger partial charge in [0.2, 0.25) is 0 Å². The standard InChI is InChI=1S/C7H7N3.C2H4O2/c8-10-9-6-7-4-2-1-3-5-7;1-2(3)4/h1-5H,6H2;1H3,(H,3,4). The van der Waals surface area contributed by atoms with E-state index in [0.717, 1.165) is 12.5 Å². The molecule has 0 saturated heterocycles. The van der Waals surface area contributed by atoms with Crippen LogP contribution in [0.15, 0.2) is 35.4 Å². The van der Waals surface area contributed by atoms with Crippen LogP contribution in [0.3, 0.4) is 0 Å². The predicted molar refractivity (Wildman–Crippen MR) is 52.6 cm³/mol. The number of benzene rings is 1. The monoisotopic (exact) mass is 193 g/mol. The Morgan fingerprint density at radius 1 is 1.50 bits per heavy atom. The first-order chi connectivity index (χ1) is 6.66. The average Bonchev–Trinajstić information content (AvgIpc) is 2.15. The van der Waals surface area contributed by atoms with Crippen LogP contribution in [0.2, 0.25) is 0 Å². The first-order valence-electron chi connectivity index (χ1n) is 3.91. The Hall–Kier alpha value is -2.00. The minimum atomic E-state index is -0.833. The second kappa shape index (κ2) is 7.64. The van der Waals surface area contributed by atoms with Crippen molar-refractivity contribution in [3.63, 3.8) is 0 Å². The zero-order valence-electron chi connectivity index (χ0n) is 7.79. The van der Waals surface area contributed by atoms with Crippen LogP contribution in [0.1, 0.15) is 12.5 Å². The fourth-order valence-electron chi connectivity index (χ4n) is 0.697. The molecule has 0 saturated carbocycles. The van der Waals surface area contributed by atoms with E-state index >= 15 is 0 Å². The van der Waals surface area contributed by atoms with Crippen LogP contribution >= 0.6 is 0 Å². The predicted octanol–water partition coefficient (Wildman–Crippen LogP) is 2.59. The van der Waals surface area contributed by atoms with Gasteiger partial charge in [-0.15, -0.1) is 0 Å². The zero-order chi connectivity index (χ0) is 10.8. The van der Waals surface area contributed by atoms with Crippen molar-refractivity contribution in [2.45, 2.75) is 13.5 Å². The van der Waals surface area contributed by atoms with E-state index in [1.165, 1.54) is 0 Å². The van der Waals surface area contributed by atoms with Gasteiger partial charge in [0.25, 0.3) is 5.97 Å². The molecule has 5 heteroatoms. The molecule has 74 valence electrons. The normalized spacial score (nSPS) is 7.79. The Morgan fingerprint density at radius 3 is 2.43 bits per heavy atom. The number of carbonyl (C=O) groups is 1. The van der Waals surface area contributed by atoms with Crippen molar-refractivity contribution in [3.8, 4) is 0 Å². The van der Waals surface area contributed by atoms with Crippen LogP contribution in [-0.4, -0.2) is 11.1 Å². The number of aliphatic carboxylic acids is 1. The van der Waals surface area contributed by atoms with Crippen molar-refractivity contribution in [1.82, 2.24) is 0 Å². The SMILES string of the molecule is CC(=O)O.[N-]=[N+]=NCc1ccccc1. The van der Waals surface area contributed by atoms with E-state index in [1.54, 1.807) is 0 Å². The number of carboxylic acid groups (broad SMARTS) is 1. The molecule has 0 atom stereocenters. The lowest BCUT2D eigenvalue weighted by atomic mass is 10.2. The number of hydrogen-bond donors (Lipinski definition) is 1. The maximum Gasteiger partial charge on any atom is 0.300 e. The van der Waals surface area contributed by atoms with Gasteiger partial charge in [0.05, 0.1) is 6.54 Å². The Morgan fingerprint density at radius 2 is 2.00 bits per heavy atom. The van der Waals surface area contributed by atoms with Crippen LogP contribution in [0.25, 0.3) is 10.4 Å². The average molecular weight is 193 g/mol. The molecule has 1 aromatic rings. The number of hydrogen-bond acceptors (Lipinski definition) is 2. The van der Waals surface area contributed by atoms with Crippen LogP contribution in [-0.2, 0) is 11.3 Å². The summed E-state index contributed by atoms with van der Waals surface area (Å²) in [6.45, 7) is 1.53. The topological polar surface area (TPSA) is 86.1 Å². The van der Waals surface area contributed by atoms with Crippen LogP contribution in [0, 0.1) is 0 Å². The number of nitrogens with zero attached hydrogens (tertiary/aromatic N) is 3. The molecule has 0 aliphatic heterocycles. The van der Waals surface area contributed by atoms with Crippen molar-refractivity contribution < 1.29 is 9.90 Å². The molecule has 5 nitrogen and oxygen atoms in total. The summed E-state index contributed by atoms with van der Waals surface area (Å²) in [6, 6.07) is 9.62. The van der Waals surface area contributed by atoms with Crippen molar-refractivity contribution in [2.24, 2.45) is 5.11 Å². The molecule has 0 aliphatic rings. The largest absolute Gasteiger partial charge is 0.481 e. The maximum atomic E-state index is 9.00. The maximum absolute atomic E-state index is 9.00. The minimum absolute atomic E-state index is 0.442. The Bertz CT molecular complexity index is 314. The summed E-state index contributed by atoms with van der Waals surface area (Å²) in [5.41, 5.74) is 9.03. The Labute approximate surface area is 81.6 Å². The summed E-state index contributed by atoms with van der Waals surface area (Å²) < 4.78 is 0. The number of azide groups is 1. The van der Waals surface area contributed by atoms with Crippen LogP contribution in [0.4, 0.5) is 0 Å². The minimum Gasteiger partial charge on any atom is -0.481 e. The second-order valence-electron chi connectivity index (χ2n) is 2.39. The van der Waals surface area contributed by atoms with E-state index in [4.69, 9.17) is 15.4 Å². The van der Waals surface area contributed by atoms with Gasteiger partial charge < -0.3 is 5.11 Å². The molecule has 1 rings (SSSR count). The van der Waals surface area contributed by atoms with Crippen molar-refractivity contribution in [3.05, 3.63) is 46.3 Å². The lowest BCUT2D eigenvalue weighted by molar-refractivity contribution is -0.134. The van der Waals surface area contributed by atoms with E-state index in [1.807, 2.05) is 30.3 Å². The first kappa shape index (κ1) is 12.0. The molecule has 0 radical (unpaired) electrons. The number of carboxylic acids is 1. The molecule has 0 aromatic heterocycles. The van der Waals surface area contributed by atoms with Crippen LogP contribution < -0.4 is 0 Å². The van der Waals surface area contributed by atoms with Gasteiger partial charge in [0.1, 0.15) is 0 Å². The highest BCUT2D eigenvalue weighted by molar-refractivity contribution is 5.62. The smallest absolute Gasteiger partial charge is 0.300 e. The van der Waals surface area contributed by atoms with E-state index in [2.05, 4.69) is 10.0 Å². The summed E-state index contributed by atoms with van der Waals surface area (Å²) in [5, 5.41) is 10.8. The second-order valence-corrected chi connectivity index (χ2v) is 2.39. The van der Waals surface area contributed by atoms with Gasteiger partial charge in [-0.25, -0.2) is 0 Å². The van der Waals surface area contributed by atoms with E-state index < -0.39 is 5.97 Å². The van der Waals surface area contributed by atoms with Crippen molar-refractivity contribution in [1.29, 1.82) is 0 Å². The fraction of sp³-hybridized carbons (Fsp3) is 0.222. The van der Waals surface area contributed by atoms with Gasteiger partial charge in [-0.1, -0.05) is 35.4 Å². The van der Waals surface area contributed by atoms with Gasteiger partial charge >= 0.3 is 0 Å². The third kappa shape index (κ3) is 8.10. The van der Waals surface area contributed by atoms with Gasteiger partial charge in [0.15, 0.2) is 0 Å². The first-order valence-corrected chi connectivity index (χ1v) is 3.91. The molecule has 0 heterocycles. The molecule has 0 bridgehead atoms. The Kier molecular flexibility index (Phi) is 6.55. The third-order valence-corrected chi connectivity index (χ3v) is 1.16. The molecule has 0 unspecified atom stereocenters. The van der Waals surface area contributed by atoms with Gasteiger partial charge in [-0.05, 0) is 11.1 Å². The van der Waals surface area contributed by atoms with Crippen molar-refractivity contribution in [2.75, 3.05) is 0 Å². The van der Waals surface area contributed by atoms with E-state index in [-0.39, 0.29) is 0 Å². The summed E-state index contributed by atoms with van der Waals surface area (Å²) >= 11 is 0. The molecule has 0 spiro atoms. The van der Waals surface area contributed by atoms with E-state index in [0.29, 0.717) is 6.54 Å². The number of rotatable bonds is 2. The molecule has 1 aromatic carbocycles. The molecular formula is C9H11N3O2. The lowest BCUT2D eigenvalue weighted by Crippen LogP contribution is -1.78. The van der Waals surface area contributed by atoms with Gasteiger partial charge in [-0.2, -0.15) is 0 Å². The van der Waals surface area contributed by atoms with Gasteiger partial charge in [-0.3, -0.25) is 4.79 Å². The highest BCUT2D eigenvalue weighted by Crippen LogP contribution is 1.99. The molecule has 0 fully saturated rings. The zero-order valence-corrected chi connectivity index (χ0v) is 7.79. The molecule has 0 aliphatic carbocycles. The Balaban J connectivity index is 0.000000364.